The van der Waals surface area contributed by atoms with Gasteiger partial charge in [-0.15, -0.1) is 0 Å². The van der Waals surface area contributed by atoms with Crippen LogP contribution in [0.5, 0.6) is 5.75 Å². The van der Waals surface area contributed by atoms with Gasteiger partial charge in [0.2, 0.25) is 0 Å². The van der Waals surface area contributed by atoms with Gasteiger partial charge >= 0.3 is 5.97 Å². The van der Waals surface area contributed by atoms with Gasteiger partial charge in [-0.05, 0) is 48.9 Å². The molecule has 0 saturated heterocycles. The fourth-order valence-electron chi connectivity index (χ4n) is 1.44. The molecule has 0 fully saturated rings. The Morgan fingerprint density at radius 3 is 2.44 bits per heavy atom. The molecule has 0 aliphatic carbocycles. The summed E-state index contributed by atoms with van der Waals surface area (Å²) < 4.78 is 5.20. The second kappa shape index (κ2) is 5.10. The third kappa shape index (κ3) is 2.81. The standard InChI is InChI=1S/C14H12ClNO2/c1-9-2-3-10(8-13(9)16)14(17)18-12-6-4-11(15)5-7-12/h2-8H,16H2,1H3. The molecule has 0 radical (unpaired) electrons. The Morgan fingerprint density at radius 2 is 1.83 bits per heavy atom. The number of hydrogen-bond acceptors (Lipinski definition) is 3. The molecule has 0 aromatic heterocycles. The molecule has 2 aromatic rings. The normalized spacial score (nSPS) is 10.1. The van der Waals surface area contributed by atoms with E-state index >= 15 is 0 Å². The Labute approximate surface area is 110 Å². The molecule has 2 aromatic carbocycles. The van der Waals surface area contributed by atoms with Crippen LogP contribution in [-0.4, -0.2) is 5.97 Å². The quantitative estimate of drug-likeness (QED) is 0.512. The van der Waals surface area contributed by atoms with Gasteiger partial charge in [-0.3, -0.25) is 0 Å². The first-order valence-electron chi connectivity index (χ1n) is 5.40. The molecule has 18 heavy (non-hydrogen) atoms. The van der Waals surface area contributed by atoms with Gasteiger partial charge in [0.15, 0.2) is 0 Å². The van der Waals surface area contributed by atoms with Crippen LogP contribution in [0.1, 0.15) is 15.9 Å². The molecule has 4 heteroatoms. The predicted molar refractivity (Wildman–Crippen MR) is 72.0 cm³/mol. The summed E-state index contributed by atoms with van der Waals surface area (Å²) in [5, 5.41) is 0.592. The van der Waals surface area contributed by atoms with Crippen molar-refractivity contribution in [1.29, 1.82) is 0 Å². The molecule has 92 valence electrons. The predicted octanol–water partition coefficient (Wildman–Crippen LogP) is 3.45. The monoisotopic (exact) mass is 261 g/mol. The van der Waals surface area contributed by atoms with Crippen molar-refractivity contribution in [2.45, 2.75) is 6.92 Å². The number of anilines is 1. The minimum atomic E-state index is -0.441. The maximum absolute atomic E-state index is 11.9. The second-order valence-corrected chi connectivity index (χ2v) is 4.35. The molecule has 0 saturated carbocycles. The van der Waals surface area contributed by atoms with Crippen LogP contribution >= 0.6 is 11.6 Å². The van der Waals surface area contributed by atoms with E-state index in [0.717, 1.165) is 5.56 Å². The summed E-state index contributed by atoms with van der Waals surface area (Å²) >= 11 is 5.75. The van der Waals surface area contributed by atoms with Crippen LogP contribution in [0.15, 0.2) is 42.5 Å². The third-order valence-electron chi connectivity index (χ3n) is 2.54. The van der Waals surface area contributed by atoms with Gasteiger partial charge in [-0.2, -0.15) is 0 Å². The van der Waals surface area contributed by atoms with E-state index in [-0.39, 0.29) is 0 Å². The summed E-state index contributed by atoms with van der Waals surface area (Å²) in [5.74, 6) is 0.00701. The van der Waals surface area contributed by atoms with E-state index in [1.807, 2.05) is 6.92 Å². The number of benzene rings is 2. The highest BCUT2D eigenvalue weighted by Gasteiger charge is 2.09. The summed E-state index contributed by atoms with van der Waals surface area (Å²) in [4.78, 5) is 11.9. The van der Waals surface area contributed by atoms with E-state index in [4.69, 9.17) is 22.1 Å². The SMILES string of the molecule is Cc1ccc(C(=O)Oc2ccc(Cl)cc2)cc1N. The van der Waals surface area contributed by atoms with Crippen molar-refractivity contribution in [3.8, 4) is 5.75 Å². The van der Waals surface area contributed by atoms with E-state index in [9.17, 15) is 4.79 Å². The lowest BCUT2D eigenvalue weighted by molar-refractivity contribution is 0.0735. The first-order chi connectivity index (χ1) is 8.56. The Morgan fingerprint density at radius 1 is 1.17 bits per heavy atom. The van der Waals surface area contributed by atoms with Crippen LogP contribution < -0.4 is 10.5 Å². The number of halogens is 1. The van der Waals surface area contributed by atoms with Crippen LogP contribution in [0.25, 0.3) is 0 Å². The zero-order valence-corrected chi connectivity index (χ0v) is 10.6. The molecule has 0 aliphatic rings. The zero-order chi connectivity index (χ0) is 13.1. The van der Waals surface area contributed by atoms with Crippen LogP contribution in [0.2, 0.25) is 5.02 Å². The minimum absolute atomic E-state index is 0.424. The van der Waals surface area contributed by atoms with Crippen molar-refractivity contribution in [3.63, 3.8) is 0 Å². The number of rotatable bonds is 2. The lowest BCUT2D eigenvalue weighted by Gasteiger charge is -2.06. The summed E-state index contributed by atoms with van der Waals surface area (Å²) in [5.41, 5.74) is 7.67. The minimum Gasteiger partial charge on any atom is -0.423 e. The topological polar surface area (TPSA) is 52.3 Å². The molecule has 0 heterocycles. The van der Waals surface area contributed by atoms with Crippen LogP contribution in [0.4, 0.5) is 5.69 Å². The fraction of sp³-hybridized carbons (Fsp3) is 0.0714. The maximum atomic E-state index is 11.9. The number of aryl methyl sites for hydroxylation is 1. The van der Waals surface area contributed by atoms with Gasteiger partial charge in [-0.1, -0.05) is 17.7 Å². The molecule has 0 unspecified atom stereocenters. The lowest BCUT2D eigenvalue weighted by atomic mass is 10.1. The summed E-state index contributed by atoms with van der Waals surface area (Å²) in [6.07, 6.45) is 0. The van der Waals surface area contributed by atoms with Crippen molar-refractivity contribution < 1.29 is 9.53 Å². The Bertz CT molecular complexity index is 579. The molecule has 0 bridgehead atoms. The fourth-order valence-corrected chi connectivity index (χ4v) is 1.56. The lowest BCUT2D eigenvalue weighted by Crippen LogP contribution is -2.09. The molecule has 2 rings (SSSR count). The summed E-state index contributed by atoms with van der Waals surface area (Å²) in [6.45, 7) is 1.88. The molecule has 0 atom stereocenters. The van der Waals surface area contributed by atoms with Crippen molar-refractivity contribution in [3.05, 3.63) is 58.6 Å². The zero-order valence-electron chi connectivity index (χ0n) is 9.81. The van der Waals surface area contributed by atoms with Gasteiger partial charge in [0.1, 0.15) is 5.75 Å². The van der Waals surface area contributed by atoms with Gasteiger partial charge in [-0.25, -0.2) is 4.79 Å². The van der Waals surface area contributed by atoms with E-state index < -0.39 is 5.97 Å². The largest absolute Gasteiger partial charge is 0.423 e. The van der Waals surface area contributed by atoms with E-state index in [1.165, 1.54) is 0 Å². The van der Waals surface area contributed by atoms with Crippen LogP contribution in [0.3, 0.4) is 0 Å². The number of esters is 1. The van der Waals surface area contributed by atoms with Gasteiger partial charge in [0, 0.05) is 10.7 Å². The first kappa shape index (κ1) is 12.5. The number of carbonyl (C=O) groups is 1. The van der Waals surface area contributed by atoms with Crippen molar-refractivity contribution in [1.82, 2.24) is 0 Å². The van der Waals surface area contributed by atoms with Crippen LogP contribution in [-0.2, 0) is 0 Å². The van der Waals surface area contributed by atoms with Crippen LogP contribution in [0, 0.1) is 6.92 Å². The smallest absolute Gasteiger partial charge is 0.343 e. The molecule has 0 amide bonds. The van der Waals surface area contributed by atoms with E-state index in [1.54, 1.807) is 42.5 Å². The highest BCUT2D eigenvalue weighted by molar-refractivity contribution is 6.30. The molecular weight excluding hydrogens is 250 g/mol. The molecule has 2 N–H and O–H groups in total. The highest BCUT2D eigenvalue weighted by Crippen LogP contribution is 2.18. The first-order valence-corrected chi connectivity index (χ1v) is 5.78. The molecule has 0 aliphatic heterocycles. The Kier molecular flexibility index (Phi) is 3.53. The summed E-state index contributed by atoms with van der Waals surface area (Å²) in [6, 6.07) is 11.7. The summed E-state index contributed by atoms with van der Waals surface area (Å²) in [7, 11) is 0. The molecule has 0 spiro atoms. The Balaban J connectivity index is 2.16. The Hall–Kier alpha value is -2.00. The highest BCUT2D eigenvalue weighted by atomic mass is 35.5. The van der Waals surface area contributed by atoms with Crippen molar-refractivity contribution in [2.75, 3.05) is 5.73 Å². The van der Waals surface area contributed by atoms with Crippen molar-refractivity contribution >= 4 is 23.3 Å². The van der Waals surface area contributed by atoms with Gasteiger partial charge in [0.05, 0.1) is 5.56 Å². The van der Waals surface area contributed by atoms with Gasteiger partial charge in [0.25, 0.3) is 0 Å². The molecule has 3 nitrogen and oxygen atoms in total. The maximum Gasteiger partial charge on any atom is 0.343 e. The number of nitrogen functional groups attached to an aromatic ring is 1. The average molecular weight is 262 g/mol. The number of nitrogens with two attached hydrogens (primary N) is 1. The second-order valence-electron chi connectivity index (χ2n) is 3.91. The number of carbonyl (C=O) groups excluding carboxylic acids is 1. The third-order valence-corrected chi connectivity index (χ3v) is 2.79. The number of hydrogen-bond donors (Lipinski definition) is 1. The number of ether oxygens (including phenoxy) is 1. The van der Waals surface area contributed by atoms with E-state index in [2.05, 4.69) is 0 Å². The van der Waals surface area contributed by atoms with E-state index in [0.29, 0.717) is 22.0 Å². The molecular formula is C14H12ClNO2. The van der Waals surface area contributed by atoms with Gasteiger partial charge < -0.3 is 10.5 Å². The average Bonchev–Trinajstić information content (AvgIpc) is 2.35. The van der Waals surface area contributed by atoms with Crippen molar-refractivity contribution in [2.24, 2.45) is 0 Å².